The van der Waals surface area contributed by atoms with Crippen LogP contribution >= 0.6 is 0 Å². The molecule has 0 heterocycles. The number of nitrogens with one attached hydrogen (secondary N) is 1. The fraction of sp³-hybridized carbons (Fsp3) is 0.429. The molecule has 0 aromatic heterocycles. The quantitative estimate of drug-likeness (QED) is 0.708. The molecule has 148 valence electrons. The number of sulfonamides is 1. The normalized spacial score (nSPS) is 12.1. The van der Waals surface area contributed by atoms with Crippen molar-refractivity contribution in [3.05, 3.63) is 59.7 Å². The van der Waals surface area contributed by atoms with Gasteiger partial charge < -0.3 is 10.1 Å². The molecule has 0 saturated heterocycles. The second-order valence-electron chi connectivity index (χ2n) is 7.18. The standard InChI is InChI=1S/C21H30N2O3S/c1-16(2)23(5)27(24,25)21-11-9-18(10-12-21)14-22-15-19-7-6-8-20(13-19)26-17(3)4/h6-13,16-17,22H,14-15H2,1-5H3. The van der Waals surface area contributed by atoms with Crippen LogP contribution in [0.15, 0.2) is 53.4 Å². The second kappa shape index (κ2) is 9.35. The third-order valence-electron chi connectivity index (χ3n) is 4.26. The van der Waals surface area contributed by atoms with Crippen LogP contribution in [0.1, 0.15) is 38.8 Å². The summed E-state index contributed by atoms with van der Waals surface area (Å²) in [6, 6.07) is 15.0. The van der Waals surface area contributed by atoms with E-state index >= 15 is 0 Å². The SMILES string of the molecule is CC(C)Oc1cccc(CNCc2ccc(S(=O)(=O)N(C)C(C)C)cc2)c1. The van der Waals surface area contributed by atoms with E-state index in [2.05, 4.69) is 11.4 Å². The van der Waals surface area contributed by atoms with Crippen LogP contribution < -0.4 is 10.1 Å². The summed E-state index contributed by atoms with van der Waals surface area (Å²) in [5.74, 6) is 0.869. The molecule has 0 fully saturated rings. The van der Waals surface area contributed by atoms with Crippen LogP contribution in [0.3, 0.4) is 0 Å². The fourth-order valence-corrected chi connectivity index (χ4v) is 3.94. The van der Waals surface area contributed by atoms with E-state index in [1.54, 1.807) is 19.2 Å². The van der Waals surface area contributed by atoms with Gasteiger partial charge in [0.05, 0.1) is 11.0 Å². The van der Waals surface area contributed by atoms with Gasteiger partial charge in [-0.05, 0) is 63.1 Å². The Morgan fingerprint density at radius 2 is 1.59 bits per heavy atom. The van der Waals surface area contributed by atoms with E-state index in [1.807, 2.05) is 58.0 Å². The summed E-state index contributed by atoms with van der Waals surface area (Å²) in [6.07, 6.45) is 0.151. The van der Waals surface area contributed by atoms with Gasteiger partial charge in [-0.1, -0.05) is 24.3 Å². The minimum Gasteiger partial charge on any atom is -0.491 e. The van der Waals surface area contributed by atoms with Crippen molar-refractivity contribution in [2.75, 3.05) is 7.05 Å². The van der Waals surface area contributed by atoms with Gasteiger partial charge in [0.15, 0.2) is 0 Å². The molecule has 0 aliphatic rings. The van der Waals surface area contributed by atoms with E-state index in [9.17, 15) is 8.42 Å². The summed E-state index contributed by atoms with van der Waals surface area (Å²) in [5.41, 5.74) is 2.18. The van der Waals surface area contributed by atoms with Gasteiger partial charge in [-0.3, -0.25) is 0 Å². The van der Waals surface area contributed by atoms with Crippen molar-refractivity contribution in [1.29, 1.82) is 0 Å². The van der Waals surface area contributed by atoms with E-state index in [1.165, 1.54) is 4.31 Å². The maximum Gasteiger partial charge on any atom is 0.243 e. The zero-order chi connectivity index (χ0) is 20.0. The molecular weight excluding hydrogens is 360 g/mol. The number of hydrogen-bond donors (Lipinski definition) is 1. The third kappa shape index (κ3) is 6.06. The second-order valence-corrected chi connectivity index (χ2v) is 9.17. The van der Waals surface area contributed by atoms with Gasteiger partial charge >= 0.3 is 0 Å². The zero-order valence-corrected chi connectivity index (χ0v) is 17.6. The third-order valence-corrected chi connectivity index (χ3v) is 6.30. The number of ether oxygens (including phenoxy) is 1. The van der Waals surface area contributed by atoms with Crippen molar-refractivity contribution < 1.29 is 13.2 Å². The first-order valence-electron chi connectivity index (χ1n) is 9.23. The highest BCUT2D eigenvalue weighted by Crippen LogP contribution is 2.18. The van der Waals surface area contributed by atoms with Crippen molar-refractivity contribution in [2.24, 2.45) is 0 Å². The molecular formula is C21H30N2O3S. The summed E-state index contributed by atoms with van der Waals surface area (Å²) in [4.78, 5) is 0.320. The lowest BCUT2D eigenvalue weighted by atomic mass is 10.2. The van der Waals surface area contributed by atoms with Gasteiger partial charge in [0.2, 0.25) is 10.0 Å². The molecule has 0 spiro atoms. The molecule has 0 bridgehead atoms. The van der Waals surface area contributed by atoms with E-state index in [0.717, 1.165) is 16.9 Å². The number of rotatable bonds is 9. The average Bonchev–Trinajstić information content (AvgIpc) is 2.61. The minimum atomic E-state index is -3.43. The number of benzene rings is 2. The molecule has 0 radical (unpaired) electrons. The largest absolute Gasteiger partial charge is 0.491 e. The molecule has 0 saturated carbocycles. The van der Waals surface area contributed by atoms with E-state index in [4.69, 9.17) is 4.74 Å². The predicted molar refractivity (Wildman–Crippen MR) is 109 cm³/mol. The molecule has 2 rings (SSSR count). The Bertz CT molecular complexity index is 831. The summed E-state index contributed by atoms with van der Waals surface area (Å²) in [6.45, 7) is 9.11. The lowest BCUT2D eigenvalue weighted by Crippen LogP contribution is -2.33. The van der Waals surface area contributed by atoms with Crippen LogP contribution in [-0.2, 0) is 23.1 Å². The van der Waals surface area contributed by atoms with E-state index in [0.29, 0.717) is 18.0 Å². The first-order valence-corrected chi connectivity index (χ1v) is 10.7. The summed E-state index contributed by atoms with van der Waals surface area (Å²) >= 11 is 0. The van der Waals surface area contributed by atoms with Gasteiger partial charge in [-0.15, -0.1) is 0 Å². The van der Waals surface area contributed by atoms with Crippen molar-refractivity contribution in [3.8, 4) is 5.75 Å². The van der Waals surface area contributed by atoms with Crippen LogP contribution in [0.25, 0.3) is 0 Å². The molecule has 27 heavy (non-hydrogen) atoms. The predicted octanol–water partition coefficient (Wildman–Crippen LogP) is 3.79. The van der Waals surface area contributed by atoms with Gasteiger partial charge in [-0.2, -0.15) is 4.31 Å². The highest BCUT2D eigenvalue weighted by Gasteiger charge is 2.22. The highest BCUT2D eigenvalue weighted by atomic mass is 32.2. The Hall–Kier alpha value is -1.89. The Balaban J connectivity index is 1.94. The van der Waals surface area contributed by atoms with Crippen LogP contribution in [-0.4, -0.2) is 31.9 Å². The molecule has 2 aromatic rings. The number of nitrogens with zero attached hydrogens (tertiary/aromatic N) is 1. The molecule has 1 N–H and O–H groups in total. The van der Waals surface area contributed by atoms with Crippen molar-refractivity contribution >= 4 is 10.0 Å². The van der Waals surface area contributed by atoms with Gasteiger partial charge in [0, 0.05) is 26.2 Å². The monoisotopic (exact) mass is 390 g/mol. The van der Waals surface area contributed by atoms with Crippen LogP contribution in [0.5, 0.6) is 5.75 Å². The topological polar surface area (TPSA) is 58.6 Å². The Kier molecular flexibility index (Phi) is 7.41. The molecule has 0 atom stereocenters. The fourth-order valence-electron chi connectivity index (χ4n) is 2.58. The number of hydrogen-bond acceptors (Lipinski definition) is 4. The minimum absolute atomic E-state index is 0.0771. The summed E-state index contributed by atoms with van der Waals surface area (Å²) in [7, 11) is -1.83. The van der Waals surface area contributed by atoms with Crippen LogP contribution in [0.4, 0.5) is 0 Å². The van der Waals surface area contributed by atoms with Crippen LogP contribution in [0.2, 0.25) is 0 Å². The first-order chi connectivity index (χ1) is 12.7. The smallest absolute Gasteiger partial charge is 0.243 e. The molecule has 0 aliphatic carbocycles. The van der Waals surface area contributed by atoms with Gasteiger partial charge in [0.1, 0.15) is 5.75 Å². The van der Waals surface area contributed by atoms with Gasteiger partial charge in [-0.25, -0.2) is 8.42 Å². The molecule has 5 nitrogen and oxygen atoms in total. The molecule has 0 amide bonds. The maximum atomic E-state index is 12.5. The summed E-state index contributed by atoms with van der Waals surface area (Å²) in [5, 5.41) is 3.38. The lowest BCUT2D eigenvalue weighted by molar-refractivity contribution is 0.242. The average molecular weight is 391 g/mol. The highest BCUT2D eigenvalue weighted by molar-refractivity contribution is 7.89. The Morgan fingerprint density at radius 3 is 2.19 bits per heavy atom. The van der Waals surface area contributed by atoms with E-state index in [-0.39, 0.29) is 12.1 Å². The van der Waals surface area contributed by atoms with Crippen LogP contribution in [0, 0.1) is 0 Å². The molecule has 2 aromatic carbocycles. The van der Waals surface area contributed by atoms with Gasteiger partial charge in [0.25, 0.3) is 0 Å². The summed E-state index contributed by atoms with van der Waals surface area (Å²) < 4.78 is 32.1. The van der Waals surface area contributed by atoms with E-state index < -0.39 is 10.0 Å². The Labute approximate surface area is 163 Å². The molecule has 0 unspecified atom stereocenters. The van der Waals surface area contributed by atoms with Crippen molar-refractivity contribution in [2.45, 2.75) is 57.8 Å². The molecule has 6 heteroatoms. The first kappa shape index (κ1) is 21.4. The molecule has 0 aliphatic heterocycles. The maximum absolute atomic E-state index is 12.5. The zero-order valence-electron chi connectivity index (χ0n) is 16.8. The lowest BCUT2D eigenvalue weighted by Gasteiger charge is -2.21. The Morgan fingerprint density at radius 1 is 0.963 bits per heavy atom. The van der Waals surface area contributed by atoms with Crippen molar-refractivity contribution in [3.63, 3.8) is 0 Å². The van der Waals surface area contributed by atoms with Crippen molar-refractivity contribution in [1.82, 2.24) is 9.62 Å².